The second-order valence-electron chi connectivity index (χ2n) is 6.01. The molecule has 0 fully saturated rings. The highest BCUT2D eigenvalue weighted by molar-refractivity contribution is 7.89. The van der Waals surface area contributed by atoms with Crippen LogP contribution in [0, 0.1) is 10.8 Å². The normalized spacial score (nSPS) is 15.0. The lowest BCUT2D eigenvalue weighted by Gasteiger charge is -2.25. The van der Waals surface area contributed by atoms with Crippen molar-refractivity contribution in [3.63, 3.8) is 0 Å². The van der Waals surface area contributed by atoms with Gasteiger partial charge in [-0.3, -0.25) is 0 Å². The van der Waals surface area contributed by atoms with Gasteiger partial charge in [-0.05, 0) is 5.41 Å². The third-order valence-electron chi connectivity index (χ3n) is 2.16. The fraction of sp³-hybridized carbons (Fsp3) is 0.900. The molecule has 0 aliphatic carbocycles. The van der Waals surface area contributed by atoms with Crippen molar-refractivity contribution in [2.24, 2.45) is 21.7 Å². The third kappa shape index (κ3) is 6.48. The van der Waals surface area contributed by atoms with E-state index in [-0.39, 0.29) is 23.5 Å². The van der Waals surface area contributed by atoms with Crippen LogP contribution in [0.15, 0.2) is 5.16 Å². The topological polar surface area (TPSA) is 105 Å². The van der Waals surface area contributed by atoms with Crippen molar-refractivity contribution in [1.29, 1.82) is 0 Å². The Morgan fingerprint density at radius 2 is 1.76 bits per heavy atom. The van der Waals surface area contributed by atoms with Crippen LogP contribution in [-0.2, 0) is 10.0 Å². The summed E-state index contributed by atoms with van der Waals surface area (Å²) in [5.41, 5.74) is 4.44. The maximum Gasteiger partial charge on any atom is 0.212 e. The van der Waals surface area contributed by atoms with Gasteiger partial charge in [-0.2, -0.15) is 0 Å². The van der Waals surface area contributed by atoms with Gasteiger partial charge in [-0.25, -0.2) is 13.1 Å². The molecule has 0 atom stereocenters. The standard InChI is InChI=1S/C10H23N3O3S/c1-9(2,3)7-17(15,16)12-6-10(4,5)8(11)13-14/h12,14H,6-7H2,1-5H3,(H2,11,13). The molecule has 0 unspecified atom stereocenters. The number of nitrogens with two attached hydrogens (primary N) is 1. The second-order valence-corrected chi connectivity index (χ2v) is 7.82. The number of hydrogen-bond donors (Lipinski definition) is 3. The van der Waals surface area contributed by atoms with E-state index in [4.69, 9.17) is 10.9 Å². The molecular formula is C10H23N3O3S. The highest BCUT2D eigenvalue weighted by Gasteiger charge is 2.28. The molecule has 0 amide bonds. The first kappa shape index (κ1) is 16.2. The van der Waals surface area contributed by atoms with Crippen LogP contribution in [0.5, 0.6) is 0 Å². The summed E-state index contributed by atoms with van der Waals surface area (Å²) in [6.07, 6.45) is 0. The maximum atomic E-state index is 11.7. The molecule has 0 aromatic rings. The van der Waals surface area contributed by atoms with Gasteiger partial charge < -0.3 is 10.9 Å². The first-order valence-electron chi connectivity index (χ1n) is 5.35. The van der Waals surface area contributed by atoms with Gasteiger partial charge in [0, 0.05) is 12.0 Å². The van der Waals surface area contributed by atoms with E-state index in [0.717, 1.165) is 0 Å². The lowest BCUT2D eigenvalue weighted by molar-refractivity contribution is 0.307. The SMILES string of the molecule is CC(C)(C)CS(=O)(=O)NCC(C)(C)C(N)=NO. The molecule has 0 spiro atoms. The smallest absolute Gasteiger partial charge is 0.212 e. The summed E-state index contributed by atoms with van der Waals surface area (Å²) in [5.74, 6) is 0.0302. The summed E-state index contributed by atoms with van der Waals surface area (Å²) in [6, 6.07) is 0. The van der Waals surface area contributed by atoms with E-state index in [9.17, 15) is 8.42 Å². The maximum absolute atomic E-state index is 11.7. The van der Waals surface area contributed by atoms with E-state index in [1.54, 1.807) is 13.8 Å². The molecule has 0 heterocycles. The molecule has 0 aliphatic heterocycles. The minimum Gasteiger partial charge on any atom is -0.409 e. The highest BCUT2D eigenvalue weighted by Crippen LogP contribution is 2.17. The van der Waals surface area contributed by atoms with Crippen molar-refractivity contribution in [3.05, 3.63) is 0 Å². The predicted octanol–water partition coefficient (Wildman–Crippen LogP) is 0.725. The van der Waals surface area contributed by atoms with Crippen LogP contribution in [0.25, 0.3) is 0 Å². The van der Waals surface area contributed by atoms with Gasteiger partial charge in [-0.1, -0.05) is 39.8 Å². The minimum absolute atomic E-state index is 0.00374. The Hall–Kier alpha value is -0.820. The average Bonchev–Trinajstić information content (AvgIpc) is 2.10. The van der Waals surface area contributed by atoms with Gasteiger partial charge in [0.25, 0.3) is 0 Å². The average molecular weight is 265 g/mol. The van der Waals surface area contributed by atoms with Crippen molar-refractivity contribution in [1.82, 2.24) is 4.72 Å². The van der Waals surface area contributed by atoms with Crippen LogP contribution in [0.1, 0.15) is 34.6 Å². The van der Waals surface area contributed by atoms with E-state index < -0.39 is 15.4 Å². The zero-order valence-electron chi connectivity index (χ0n) is 11.1. The fourth-order valence-electron chi connectivity index (χ4n) is 1.14. The lowest BCUT2D eigenvalue weighted by Crippen LogP contribution is -2.44. The first-order valence-corrected chi connectivity index (χ1v) is 7.00. The molecule has 4 N–H and O–H groups in total. The largest absolute Gasteiger partial charge is 0.409 e. The van der Waals surface area contributed by atoms with Gasteiger partial charge in [-0.15, -0.1) is 0 Å². The molecule has 0 rings (SSSR count). The van der Waals surface area contributed by atoms with Crippen LogP contribution in [0.2, 0.25) is 0 Å². The molecule has 0 saturated carbocycles. The number of hydrogen-bond acceptors (Lipinski definition) is 4. The molecule has 6 nitrogen and oxygen atoms in total. The monoisotopic (exact) mass is 265 g/mol. The number of oxime groups is 1. The molecule has 17 heavy (non-hydrogen) atoms. The summed E-state index contributed by atoms with van der Waals surface area (Å²) < 4.78 is 26.0. The van der Waals surface area contributed by atoms with Crippen molar-refractivity contribution >= 4 is 15.9 Å². The molecule has 0 radical (unpaired) electrons. The van der Waals surface area contributed by atoms with Crippen molar-refractivity contribution in [2.75, 3.05) is 12.3 Å². The van der Waals surface area contributed by atoms with Crippen molar-refractivity contribution in [3.8, 4) is 0 Å². The van der Waals surface area contributed by atoms with E-state index in [0.29, 0.717) is 0 Å². The Labute approximate surface area is 103 Å². The Balaban J connectivity index is 4.59. The Morgan fingerprint density at radius 3 is 2.12 bits per heavy atom. The Bertz CT molecular complexity index is 380. The fourth-order valence-corrected chi connectivity index (χ4v) is 2.96. The van der Waals surface area contributed by atoms with E-state index in [1.807, 2.05) is 20.8 Å². The van der Waals surface area contributed by atoms with Gasteiger partial charge >= 0.3 is 0 Å². The highest BCUT2D eigenvalue weighted by atomic mass is 32.2. The summed E-state index contributed by atoms with van der Waals surface area (Å²) in [6.45, 7) is 9.04. The van der Waals surface area contributed by atoms with Gasteiger partial charge in [0.05, 0.1) is 5.75 Å². The van der Waals surface area contributed by atoms with Gasteiger partial charge in [0.15, 0.2) is 0 Å². The minimum atomic E-state index is -3.36. The lowest BCUT2D eigenvalue weighted by atomic mass is 9.93. The third-order valence-corrected chi connectivity index (χ3v) is 3.99. The quantitative estimate of drug-likeness (QED) is 0.295. The van der Waals surface area contributed by atoms with Crippen LogP contribution < -0.4 is 10.5 Å². The summed E-state index contributed by atoms with van der Waals surface area (Å²) in [7, 11) is -3.36. The van der Waals surface area contributed by atoms with E-state index in [1.165, 1.54) is 0 Å². The van der Waals surface area contributed by atoms with Gasteiger partial charge in [0.1, 0.15) is 5.84 Å². The van der Waals surface area contributed by atoms with Crippen molar-refractivity contribution in [2.45, 2.75) is 34.6 Å². The molecule has 102 valence electrons. The zero-order valence-corrected chi connectivity index (χ0v) is 11.9. The van der Waals surface area contributed by atoms with Gasteiger partial charge in [0.2, 0.25) is 10.0 Å². The second kappa shape index (κ2) is 5.22. The predicted molar refractivity (Wildman–Crippen MR) is 68.4 cm³/mol. The zero-order chi connectivity index (χ0) is 13.9. The molecule has 0 aromatic heterocycles. The molecule has 0 bridgehead atoms. The van der Waals surface area contributed by atoms with Crippen molar-refractivity contribution < 1.29 is 13.6 Å². The molecule has 0 aliphatic rings. The number of amidine groups is 1. The molecule has 0 aromatic carbocycles. The number of rotatable bonds is 5. The van der Waals surface area contributed by atoms with Crippen LogP contribution in [-0.4, -0.2) is 31.8 Å². The van der Waals surface area contributed by atoms with Crippen LogP contribution in [0.3, 0.4) is 0 Å². The summed E-state index contributed by atoms with van der Waals surface area (Å²) >= 11 is 0. The molecule has 0 saturated heterocycles. The van der Waals surface area contributed by atoms with Crippen LogP contribution >= 0.6 is 0 Å². The number of sulfonamides is 1. The van der Waals surface area contributed by atoms with E-state index in [2.05, 4.69) is 9.88 Å². The molecular weight excluding hydrogens is 242 g/mol. The number of nitrogens with zero attached hydrogens (tertiary/aromatic N) is 1. The molecule has 7 heteroatoms. The van der Waals surface area contributed by atoms with Crippen LogP contribution in [0.4, 0.5) is 0 Å². The Morgan fingerprint density at radius 1 is 1.29 bits per heavy atom. The Kier molecular flexibility index (Phi) is 4.97. The van der Waals surface area contributed by atoms with E-state index >= 15 is 0 Å². The number of nitrogens with one attached hydrogen (secondary N) is 1. The summed E-state index contributed by atoms with van der Waals surface area (Å²) in [4.78, 5) is 0. The summed E-state index contributed by atoms with van der Waals surface area (Å²) in [5, 5.41) is 11.5. The first-order chi connectivity index (χ1) is 7.40.